The summed E-state index contributed by atoms with van der Waals surface area (Å²) >= 11 is 0.657. The van der Waals surface area contributed by atoms with E-state index in [-0.39, 0.29) is 27.2 Å². The van der Waals surface area contributed by atoms with Crippen LogP contribution < -0.4 is 11.1 Å². The Hall–Kier alpha value is -2.87. The molecule has 0 spiro atoms. The lowest BCUT2D eigenvalue weighted by molar-refractivity contribution is -0.115. The number of aliphatic hydroxyl groups is 1. The highest BCUT2D eigenvalue weighted by atomic mass is 32.1. The highest BCUT2D eigenvalue weighted by molar-refractivity contribution is 7.17. The molecule has 1 fully saturated rings. The van der Waals surface area contributed by atoms with Gasteiger partial charge in [-0.15, -0.1) is 11.3 Å². The lowest BCUT2D eigenvalue weighted by atomic mass is 10.1. The van der Waals surface area contributed by atoms with Gasteiger partial charge in [0.25, 0.3) is 18.2 Å². The predicted molar refractivity (Wildman–Crippen MR) is 136 cm³/mol. The molecule has 3 rings (SSSR count). The Labute approximate surface area is 222 Å². The number of aromatic nitrogens is 2. The Morgan fingerprint density at radius 1 is 1.32 bits per heavy atom. The SMILES string of the molecule is CC.CC1CCCN1C(=O)c1nc(C(N)=O)sc1-c1cnc(NCC(F)(F)F)cc1C(F)F.CCCCO. The highest BCUT2D eigenvalue weighted by Crippen LogP contribution is 2.38. The van der Waals surface area contributed by atoms with E-state index in [9.17, 15) is 31.5 Å². The summed E-state index contributed by atoms with van der Waals surface area (Å²) in [6.07, 6.45) is -3.15. The van der Waals surface area contributed by atoms with Gasteiger partial charge in [0.1, 0.15) is 18.1 Å². The number of carbonyl (C=O) groups is 2. The number of thiazole rings is 1. The Bertz CT molecular complexity index is 1050. The first-order chi connectivity index (χ1) is 17.9. The molecular formula is C24H34F5N5O3S. The van der Waals surface area contributed by atoms with Crippen molar-refractivity contribution >= 4 is 29.0 Å². The molecule has 38 heavy (non-hydrogen) atoms. The van der Waals surface area contributed by atoms with E-state index in [2.05, 4.69) is 16.9 Å². The van der Waals surface area contributed by atoms with Gasteiger partial charge in [0.05, 0.1) is 4.88 Å². The van der Waals surface area contributed by atoms with Gasteiger partial charge in [-0.05, 0) is 32.3 Å². The van der Waals surface area contributed by atoms with Gasteiger partial charge < -0.3 is 21.1 Å². The molecule has 1 aliphatic rings. The lowest BCUT2D eigenvalue weighted by Gasteiger charge is -2.21. The summed E-state index contributed by atoms with van der Waals surface area (Å²) in [6.45, 7) is 7.22. The smallest absolute Gasteiger partial charge is 0.396 e. The third-order valence-corrected chi connectivity index (χ3v) is 6.35. The van der Waals surface area contributed by atoms with Crippen LogP contribution in [0.2, 0.25) is 0 Å². The van der Waals surface area contributed by atoms with Crippen LogP contribution in [-0.2, 0) is 0 Å². The van der Waals surface area contributed by atoms with Crippen LogP contribution in [0.4, 0.5) is 27.8 Å². The molecule has 8 nitrogen and oxygen atoms in total. The first kappa shape index (κ1) is 33.2. The minimum absolute atomic E-state index is 0.0388. The normalized spacial score (nSPS) is 14.9. The summed E-state index contributed by atoms with van der Waals surface area (Å²) in [7, 11) is 0. The summed E-state index contributed by atoms with van der Waals surface area (Å²) in [5.41, 5.74) is 4.19. The lowest BCUT2D eigenvalue weighted by Crippen LogP contribution is -2.34. The van der Waals surface area contributed by atoms with Crippen LogP contribution in [0.15, 0.2) is 12.3 Å². The number of hydrogen-bond acceptors (Lipinski definition) is 7. The number of rotatable bonds is 8. The minimum atomic E-state index is -4.56. The maximum atomic E-state index is 13.7. The van der Waals surface area contributed by atoms with E-state index >= 15 is 0 Å². The molecule has 0 aromatic carbocycles. The van der Waals surface area contributed by atoms with E-state index in [1.807, 2.05) is 26.1 Å². The molecule has 2 amide bonds. The number of nitrogens with two attached hydrogens (primary N) is 1. The van der Waals surface area contributed by atoms with E-state index in [4.69, 9.17) is 10.8 Å². The monoisotopic (exact) mass is 567 g/mol. The van der Waals surface area contributed by atoms with E-state index in [1.54, 1.807) is 0 Å². The van der Waals surface area contributed by atoms with Gasteiger partial charge in [-0.25, -0.2) is 18.7 Å². The second-order valence-corrected chi connectivity index (χ2v) is 9.05. The van der Waals surface area contributed by atoms with Crippen molar-refractivity contribution in [3.05, 3.63) is 28.5 Å². The van der Waals surface area contributed by atoms with E-state index in [0.717, 1.165) is 37.9 Å². The molecule has 0 aliphatic carbocycles. The van der Waals surface area contributed by atoms with Crippen molar-refractivity contribution < 1.29 is 36.6 Å². The number of halogens is 5. The van der Waals surface area contributed by atoms with Crippen LogP contribution in [0.25, 0.3) is 10.4 Å². The molecule has 214 valence electrons. The molecular weight excluding hydrogens is 533 g/mol. The Balaban J connectivity index is 0.000000924. The standard InChI is InChI=1S/C18H18F5N5O2S.C4H10O.C2H6/c1-8-3-2-4-28(8)17(30)12-13(31-16(27-12)15(24)29)10-6-25-11(5-9(10)14(19)20)26-7-18(21,22)23;1-2-3-4-5;1-2/h5-6,8,14H,2-4,7H2,1H3,(H2,24,29)(H,25,26);5H,2-4H2,1H3;1-2H3. The number of carbonyl (C=O) groups excluding carboxylic acids is 2. The Morgan fingerprint density at radius 2 is 1.97 bits per heavy atom. The fourth-order valence-electron chi connectivity index (χ4n) is 3.41. The van der Waals surface area contributed by atoms with Gasteiger partial charge in [0.15, 0.2) is 5.01 Å². The van der Waals surface area contributed by atoms with Gasteiger partial charge >= 0.3 is 6.18 Å². The maximum Gasteiger partial charge on any atom is 0.405 e. The maximum absolute atomic E-state index is 13.7. The third kappa shape index (κ3) is 9.46. The summed E-state index contributed by atoms with van der Waals surface area (Å²) in [5, 5.41) is 9.76. The molecule has 1 saturated heterocycles. The topological polar surface area (TPSA) is 121 Å². The van der Waals surface area contributed by atoms with Crippen molar-refractivity contribution in [1.82, 2.24) is 14.9 Å². The van der Waals surface area contributed by atoms with Crippen LogP contribution in [0.1, 0.15) is 85.7 Å². The number of nitrogens with one attached hydrogen (secondary N) is 1. The predicted octanol–water partition coefficient (Wildman–Crippen LogP) is 5.65. The number of amides is 2. The number of aliphatic hydroxyl groups excluding tert-OH is 1. The molecule has 3 heterocycles. The van der Waals surface area contributed by atoms with Crippen LogP contribution in [0, 0.1) is 0 Å². The number of unbranched alkanes of at least 4 members (excludes halogenated alkanes) is 1. The van der Waals surface area contributed by atoms with Crippen molar-refractivity contribution in [3.63, 3.8) is 0 Å². The number of primary amides is 1. The molecule has 0 bridgehead atoms. The number of hydrogen-bond donors (Lipinski definition) is 3. The van der Waals surface area contributed by atoms with Crippen LogP contribution >= 0.6 is 11.3 Å². The molecule has 2 aromatic rings. The largest absolute Gasteiger partial charge is 0.405 e. The molecule has 14 heteroatoms. The van der Waals surface area contributed by atoms with E-state index in [1.165, 1.54) is 4.90 Å². The van der Waals surface area contributed by atoms with Gasteiger partial charge in [-0.3, -0.25) is 9.59 Å². The van der Waals surface area contributed by atoms with Gasteiger partial charge in [0, 0.05) is 36.5 Å². The summed E-state index contributed by atoms with van der Waals surface area (Å²) in [6, 6.07) is 0.683. The first-order valence-electron chi connectivity index (χ1n) is 12.2. The number of nitrogens with zero attached hydrogens (tertiary/aromatic N) is 3. The quantitative estimate of drug-likeness (QED) is 0.355. The van der Waals surface area contributed by atoms with E-state index < -0.39 is 42.3 Å². The first-order valence-corrected chi connectivity index (χ1v) is 13.0. The fraction of sp³-hybridized carbons (Fsp3) is 0.583. The number of alkyl halides is 5. The van der Waals surface area contributed by atoms with E-state index in [0.29, 0.717) is 24.5 Å². The zero-order valence-corrected chi connectivity index (χ0v) is 22.6. The molecule has 0 saturated carbocycles. The van der Waals surface area contributed by atoms with Crippen molar-refractivity contribution in [2.75, 3.05) is 25.0 Å². The molecule has 2 aromatic heterocycles. The second-order valence-electron chi connectivity index (χ2n) is 8.05. The summed E-state index contributed by atoms with van der Waals surface area (Å²) in [5.74, 6) is -1.88. The van der Waals surface area contributed by atoms with Crippen molar-refractivity contribution in [2.45, 2.75) is 72.0 Å². The van der Waals surface area contributed by atoms with Gasteiger partial charge in [-0.2, -0.15) is 13.2 Å². The third-order valence-electron chi connectivity index (χ3n) is 5.25. The van der Waals surface area contributed by atoms with Crippen molar-refractivity contribution in [1.29, 1.82) is 0 Å². The van der Waals surface area contributed by atoms with Crippen LogP contribution in [-0.4, -0.2) is 63.7 Å². The van der Waals surface area contributed by atoms with Crippen molar-refractivity contribution in [3.8, 4) is 10.4 Å². The van der Waals surface area contributed by atoms with Crippen molar-refractivity contribution in [2.24, 2.45) is 5.73 Å². The number of pyridine rings is 1. The fourth-order valence-corrected chi connectivity index (χ4v) is 4.35. The Morgan fingerprint density at radius 3 is 2.42 bits per heavy atom. The molecule has 1 atom stereocenters. The van der Waals surface area contributed by atoms with Gasteiger partial charge in [-0.1, -0.05) is 27.2 Å². The number of likely N-dealkylation sites (tertiary alicyclic amines) is 1. The highest BCUT2D eigenvalue weighted by Gasteiger charge is 2.33. The zero-order valence-electron chi connectivity index (χ0n) is 21.7. The average Bonchev–Trinajstić information content (AvgIpc) is 3.51. The Kier molecular flexibility index (Phi) is 13.5. The summed E-state index contributed by atoms with van der Waals surface area (Å²) in [4.78, 5) is 33.9. The summed E-state index contributed by atoms with van der Waals surface area (Å²) < 4.78 is 64.7. The minimum Gasteiger partial charge on any atom is -0.396 e. The second kappa shape index (κ2) is 15.5. The molecule has 1 unspecified atom stereocenters. The molecule has 1 aliphatic heterocycles. The average molecular weight is 568 g/mol. The van der Waals surface area contributed by atoms with Crippen LogP contribution in [0.5, 0.6) is 0 Å². The molecule has 0 radical (unpaired) electrons. The molecule has 4 N–H and O–H groups in total. The number of anilines is 1. The zero-order chi connectivity index (χ0) is 29.0. The van der Waals surface area contributed by atoms with Gasteiger partial charge in [0.2, 0.25) is 0 Å². The van der Waals surface area contributed by atoms with Crippen LogP contribution in [0.3, 0.4) is 0 Å².